The van der Waals surface area contributed by atoms with Crippen molar-refractivity contribution in [2.24, 2.45) is 0 Å². The molecule has 1 atom stereocenters. The number of hydrogen-bond acceptors (Lipinski definition) is 4. The van der Waals surface area contributed by atoms with Crippen LogP contribution in [-0.4, -0.2) is 53.1 Å². The van der Waals surface area contributed by atoms with Crippen LogP contribution in [0.15, 0.2) is 24.3 Å². The van der Waals surface area contributed by atoms with Crippen molar-refractivity contribution in [1.82, 2.24) is 9.80 Å². The molecule has 29 heavy (non-hydrogen) atoms. The number of rotatable bonds is 4. The summed E-state index contributed by atoms with van der Waals surface area (Å²) in [6, 6.07) is 7.58. The van der Waals surface area contributed by atoms with Gasteiger partial charge in [-0.15, -0.1) is 0 Å². The van der Waals surface area contributed by atoms with Crippen LogP contribution in [0.4, 0.5) is 10.5 Å². The molecule has 2 heterocycles. The lowest BCUT2D eigenvalue weighted by atomic mass is 10.0. The number of amides is 2. The number of nitrogens with one attached hydrogen (secondary N) is 1. The van der Waals surface area contributed by atoms with E-state index in [4.69, 9.17) is 4.74 Å². The van der Waals surface area contributed by atoms with Gasteiger partial charge < -0.3 is 10.1 Å². The van der Waals surface area contributed by atoms with Crippen molar-refractivity contribution in [2.75, 3.05) is 25.0 Å². The van der Waals surface area contributed by atoms with Crippen molar-refractivity contribution in [3.63, 3.8) is 0 Å². The summed E-state index contributed by atoms with van der Waals surface area (Å²) in [4.78, 5) is 29.6. The van der Waals surface area contributed by atoms with Crippen molar-refractivity contribution in [2.45, 2.75) is 77.5 Å². The molecule has 1 aromatic carbocycles. The maximum Gasteiger partial charge on any atom is 0.410 e. The van der Waals surface area contributed by atoms with Gasteiger partial charge >= 0.3 is 6.09 Å². The zero-order chi connectivity index (χ0) is 20.9. The topological polar surface area (TPSA) is 61.9 Å². The molecule has 1 aromatic rings. The number of carbonyl (C=O) groups excluding carboxylic acids is 2. The monoisotopic (exact) mass is 401 g/mol. The molecular weight excluding hydrogens is 366 g/mol. The van der Waals surface area contributed by atoms with Gasteiger partial charge in [0.15, 0.2) is 0 Å². The molecule has 6 heteroatoms. The van der Waals surface area contributed by atoms with Crippen LogP contribution < -0.4 is 5.32 Å². The van der Waals surface area contributed by atoms with Crippen molar-refractivity contribution in [3.05, 3.63) is 29.8 Å². The molecule has 0 saturated carbocycles. The highest BCUT2D eigenvalue weighted by molar-refractivity contribution is 5.96. The number of hydrogen-bond donors (Lipinski definition) is 1. The zero-order valence-corrected chi connectivity index (χ0v) is 18.1. The Hall–Kier alpha value is -2.08. The van der Waals surface area contributed by atoms with Crippen LogP contribution in [0, 0.1) is 0 Å². The zero-order valence-electron chi connectivity index (χ0n) is 18.1. The lowest BCUT2D eigenvalue weighted by molar-refractivity contribution is -0.122. The second-order valence-electron chi connectivity index (χ2n) is 9.21. The molecule has 0 aliphatic carbocycles. The number of carbonyl (C=O) groups is 2. The highest BCUT2D eigenvalue weighted by Gasteiger charge is 2.34. The molecule has 160 valence electrons. The molecule has 3 rings (SSSR count). The summed E-state index contributed by atoms with van der Waals surface area (Å²) in [5.41, 5.74) is 1.43. The molecule has 2 amide bonds. The first-order valence-electron chi connectivity index (χ1n) is 10.9. The van der Waals surface area contributed by atoms with E-state index in [-0.39, 0.29) is 5.91 Å². The van der Waals surface area contributed by atoms with Gasteiger partial charge in [0.1, 0.15) is 11.6 Å². The molecule has 1 N–H and O–H groups in total. The number of ether oxygens (including phenoxy) is 1. The van der Waals surface area contributed by atoms with Gasteiger partial charge in [0.2, 0.25) is 5.91 Å². The minimum absolute atomic E-state index is 0.134. The summed E-state index contributed by atoms with van der Waals surface area (Å²) in [7, 11) is 0. The van der Waals surface area contributed by atoms with Gasteiger partial charge in [-0.25, -0.2) is 4.79 Å². The fourth-order valence-electron chi connectivity index (χ4n) is 4.09. The first-order valence-corrected chi connectivity index (χ1v) is 10.9. The quantitative estimate of drug-likeness (QED) is 0.812. The van der Waals surface area contributed by atoms with E-state index in [0.717, 1.165) is 38.2 Å². The third kappa shape index (κ3) is 6.46. The molecule has 0 bridgehead atoms. The molecule has 2 aliphatic rings. The molecule has 6 nitrogen and oxygen atoms in total. The third-order valence-corrected chi connectivity index (χ3v) is 5.48. The van der Waals surface area contributed by atoms with Crippen molar-refractivity contribution in [3.8, 4) is 0 Å². The molecular formula is C23H35N3O3. The minimum atomic E-state index is -0.571. The fraction of sp³-hybridized carbons (Fsp3) is 0.652. The van der Waals surface area contributed by atoms with Crippen LogP contribution in [0.5, 0.6) is 0 Å². The smallest absolute Gasteiger partial charge is 0.410 e. The maximum atomic E-state index is 13.0. The van der Waals surface area contributed by atoms with Gasteiger partial charge in [-0.05, 0) is 83.7 Å². The summed E-state index contributed by atoms with van der Waals surface area (Å²) in [6.45, 7) is 9.29. The number of piperidine rings is 2. The predicted molar refractivity (Wildman–Crippen MR) is 115 cm³/mol. The summed E-state index contributed by atoms with van der Waals surface area (Å²) >= 11 is 0. The molecule has 1 unspecified atom stereocenters. The predicted octanol–water partition coefficient (Wildman–Crippen LogP) is 4.40. The Labute approximate surface area is 174 Å². The van der Waals surface area contributed by atoms with Gasteiger partial charge in [-0.3, -0.25) is 14.6 Å². The van der Waals surface area contributed by atoms with Crippen LogP contribution in [-0.2, 0) is 16.1 Å². The average molecular weight is 402 g/mol. The number of anilines is 1. The van der Waals surface area contributed by atoms with E-state index < -0.39 is 17.7 Å². The first kappa shape index (κ1) is 21.6. The highest BCUT2D eigenvalue weighted by Crippen LogP contribution is 2.23. The van der Waals surface area contributed by atoms with Gasteiger partial charge in [-0.1, -0.05) is 18.6 Å². The Morgan fingerprint density at radius 1 is 1.07 bits per heavy atom. The Morgan fingerprint density at radius 3 is 2.52 bits per heavy atom. The molecule has 0 radical (unpaired) electrons. The lowest BCUT2D eigenvalue weighted by Gasteiger charge is -2.35. The van der Waals surface area contributed by atoms with E-state index in [1.54, 1.807) is 4.90 Å². The molecule has 2 fully saturated rings. The summed E-state index contributed by atoms with van der Waals surface area (Å²) < 4.78 is 5.51. The summed E-state index contributed by atoms with van der Waals surface area (Å²) in [5.74, 6) is -0.134. The minimum Gasteiger partial charge on any atom is -0.444 e. The lowest BCUT2D eigenvalue weighted by Crippen LogP contribution is -2.51. The van der Waals surface area contributed by atoms with E-state index in [1.165, 1.54) is 24.8 Å². The largest absolute Gasteiger partial charge is 0.444 e. The van der Waals surface area contributed by atoms with Crippen molar-refractivity contribution in [1.29, 1.82) is 0 Å². The number of nitrogens with zero attached hydrogens (tertiary/aromatic N) is 2. The van der Waals surface area contributed by atoms with E-state index >= 15 is 0 Å². The fourth-order valence-corrected chi connectivity index (χ4v) is 4.09. The number of likely N-dealkylation sites (tertiary alicyclic amines) is 2. The van der Waals surface area contributed by atoms with Crippen LogP contribution >= 0.6 is 0 Å². The Balaban J connectivity index is 1.63. The van der Waals surface area contributed by atoms with Crippen LogP contribution in [0.1, 0.15) is 64.9 Å². The second kappa shape index (κ2) is 9.61. The maximum absolute atomic E-state index is 13.0. The van der Waals surface area contributed by atoms with Gasteiger partial charge in [0.25, 0.3) is 0 Å². The Morgan fingerprint density at radius 2 is 1.79 bits per heavy atom. The van der Waals surface area contributed by atoms with Gasteiger partial charge in [0.05, 0.1) is 0 Å². The van der Waals surface area contributed by atoms with E-state index in [9.17, 15) is 9.59 Å². The van der Waals surface area contributed by atoms with Crippen molar-refractivity contribution < 1.29 is 14.3 Å². The van der Waals surface area contributed by atoms with E-state index in [1.807, 2.05) is 39.0 Å². The van der Waals surface area contributed by atoms with Gasteiger partial charge in [0, 0.05) is 18.8 Å². The van der Waals surface area contributed by atoms with Crippen LogP contribution in [0.25, 0.3) is 0 Å². The van der Waals surface area contributed by atoms with E-state index in [2.05, 4.69) is 16.3 Å². The Kier molecular flexibility index (Phi) is 7.17. The SMILES string of the molecule is CC(C)(C)OC(=O)N1CCCCC1C(=O)Nc1cccc(CN2CCCCC2)c1. The standard InChI is InChI=1S/C23H35N3O3/c1-23(2,3)29-22(28)26-15-8-5-12-20(26)21(27)24-19-11-9-10-18(16-19)17-25-13-6-4-7-14-25/h9-11,16,20H,4-8,12-15,17H2,1-3H3,(H,24,27). The second-order valence-corrected chi connectivity index (χ2v) is 9.21. The molecule has 0 aromatic heterocycles. The summed E-state index contributed by atoms with van der Waals surface area (Å²) in [6.07, 6.45) is 5.94. The number of benzene rings is 1. The first-order chi connectivity index (χ1) is 13.8. The molecule has 0 spiro atoms. The molecule has 2 aliphatic heterocycles. The van der Waals surface area contributed by atoms with Gasteiger partial charge in [-0.2, -0.15) is 0 Å². The van der Waals surface area contributed by atoms with Crippen molar-refractivity contribution >= 4 is 17.7 Å². The normalized spacial score (nSPS) is 20.9. The van der Waals surface area contributed by atoms with E-state index in [0.29, 0.717) is 13.0 Å². The Bertz CT molecular complexity index is 708. The van der Waals surface area contributed by atoms with Crippen LogP contribution in [0.3, 0.4) is 0 Å². The average Bonchev–Trinajstić information content (AvgIpc) is 2.68. The molecule has 2 saturated heterocycles. The third-order valence-electron chi connectivity index (χ3n) is 5.48. The highest BCUT2D eigenvalue weighted by atomic mass is 16.6. The van der Waals surface area contributed by atoms with Crippen LogP contribution in [0.2, 0.25) is 0 Å². The summed E-state index contributed by atoms with van der Waals surface area (Å²) in [5, 5.41) is 3.03.